The molecule has 96 valence electrons. The number of carbonyl (C=O) groups excluding carboxylic acids is 1. The van der Waals surface area contributed by atoms with Gasteiger partial charge in [-0.2, -0.15) is 5.26 Å². The van der Waals surface area contributed by atoms with Crippen LogP contribution in [0.3, 0.4) is 0 Å². The molecule has 0 fully saturated rings. The van der Waals surface area contributed by atoms with Gasteiger partial charge < -0.3 is 4.90 Å². The van der Waals surface area contributed by atoms with Gasteiger partial charge in [-0.1, -0.05) is 12.1 Å². The van der Waals surface area contributed by atoms with E-state index in [2.05, 4.69) is 11.1 Å². The third-order valence-electron chi connectivity index (χ3n) is 2.78. The molecule has 2 aromatic rings. The van der Waals surface area contributed by atoms with E-state index < -0.39 is 6.04 Å². The zero-order valence-corrected chi connectivity index (χ0v) is 11.3. The predicted octanol–water partition coefficient (Wildman–Crippen LogP) is 2.41. The number of aromatic nitrogens is 1. The molecule has 0 radical (unpaired) electrons. The van der Waals surface area contributed by atoms with Gasteiger partial charge in [-0.3, -0.25) is 9.78 Å². The molecule has 2 heterocycles. The van der Waals surface area contributed by atoms with Crippen LogP contribution in [0.5, 0.6) is 0 Å². The van der Waals surface area contributed by atoms with Crippen LogP contribution < -0.4 is 0 Å². The molecule has 0 spiro atoms. The number of pyridine rings is 1. The van der Waals surface area contributed by atoms with Gasteiger partial charge >= 0.3 is 0 Å². The Hall–Kier alpha value is -2.19. The molecule has 19 heavy (non-hydrogen) atoms. The highest BCUT2D eigenvalue weighted by Gasteiger charge is 2.22. The number of rotatable bonds is 4. The fourth-order valence-electron chi connectivity index (χ4n) is 1.72. The summed E-state index contributed by atoms with van der Waals surface area (Å²) in [5.74, 6) is -0.0837. The molecular weight excluding hydrogens is 258 g/mol. The highest BCUT2D eigenvalue weighted by molar-refractivity contribution is 7.10. The van der Waals surface area contributed by atoms with Crippen LogP contribution in [0.1, 0.15) is 16.6 Å². The molecule has 0 aromatic carbocycles. The van der Waals surface area contributed by atoms with E-state index >= 15 is 0 Å². The van der Waals surface area contributed by atoms with Crippen molar-refractivity contribution < 1.29 is 4.79 Å². The quantitative estimate of drug-likeness (QED) is 0.858. The van der Waals surface area contributed by atoms with Crippen molar-refractivity contribution in [2.45, 2.75) is 12.5 Å². The molecule has 0 aliphatic rings. The zero-order valence-electron chi connectivity index (χ0n) is 10.5. The normalized spacial score (nSPS) is 11.6. The maximum Gasteiger partial charge on any atom is 0.228 e. The second-order valence-corrected chi connectivity index (χ2v) is 5.08. The molecule has 0 bridgehead atoms. The first-order chi connectivity index (χ1) is 9.22. The second-order valence-electron chi connectivity index (χ2n) is 4.05. The van der Waals surface area contributed by atoms with Crippen molar-refractivity contribution in [1.82, 2.24) is 9.88 Å². The summed E-state index contributed by atoms with van der Waals surface area (Å²) in [6, 6.07) is 10.7. The smallest absolute Gasteiger partial charge is 0.228 e. The lowest BCUT2D eigenvalue weighted by molar-refractivity contribution is -0.130. The van der Waals surface area contributed by atoms with Crippen LogP contribution in [0.4, 0.5) is 0 Å². The van der Waals surface area contributed by atoms with E-state index in [1.807, 2.05) is 23.6 Å². The van der Waals surface area contributed by atoms with Crippen molar-refractivity contribution in [1.29, 1.82) is 5.26 Å². The average molecular weight is 271 g/mol. The number of hydrogen-bond donors (Lipinski definition) is 0. The van der Waals surface area contributed by atoms with Crippen LogP contribution in [0.2, 0.25) is 0 Å². The lowest BCUT2D eigenvalue weighted by Crippen LogP contribution is -2.32. The molecule has 5 heteroatoms. The lowest BCUT2D eigenvalue weighted by Gasteiger charge is -2.22. The van der Waals surface area contributed by atoms with E-state index in [1.165, 1.54) is 16.2 Å². The minimum atomic E-state index is -0.645. The summed E-state index contributed by atoms with van der Waals surface area (Å²) in [7, 11) is 1.64. The molecule has 2 rings (SSSR count). The Morgan fingerprint density at radius 3 is 2.89 bits per heavy atom. The molecule has 4 nitrogen and oxygen atoms in total. The molecule has 0 N–H and O–H groups in total. The van der Waals surface area contributed by atoms with Crippen LogP contribution in [0.15, 0.2) is 41.9 Å². The number of thiophene rings is 1. The van der Waals surface area contributed by atoms with Crippen molar-refractivity contribution in [2.24, 2.45) is 0 Å². The van der Waals surface area contributed by atoms with Crippen LogP contribution >= 0.6 is 11.3 Å². The third kappa shape index (κ3) is 3.18. The Bertz CT molecular complexity index is 574. The van der Waals surface area contributed by atoms with Crippen molar-refractivity contribution in [2.75, 3.05) is 7.05 Å². The Morgan fingerprint density at radius 1 is 1.47 bits per heavy atom. The summed E-state index contributed by atoms with van der Waals surface area (Å²) >= 11 is 1.54. The van der Waals surface area contributed by atoms with Crippen LogP contribution in [0.25, 0.3) is 0 Å². The van der Waals surface area contributed by atoms with Crippen molar-refractivity contribution in [3.05, 3.63) is 52.5 Å². The van der Waals surface area contributed by atoms with Gasteiger partial charge in [0.05, 0.1) is 18.2 Å². The molecule has 1 unspecified atom stereocenters. The molecule has 0 saturated heterocycles. The van der Waals surface area contributed by atoms with Crippen LogP contribution in [0, 0.1) is 11.3 Å². The molecule has 1 amide bonds. The molecule has 1 atom stereocenters. The molecular formula is C14H13N3OS. The number of nitrogens with zero attached hydrogens (tertiary/aromatic N) is 3. The Kier molecular flexibility index (Phi) is 4.26. The fourth-order valence-corrected chi connectivity index (χ4v) is 2.42. The maximum absolute atomic E-state index is 12.1. The molecule has 0 aliphatic carbocycles. The fraction of sp³-hybridized carbons (Fsp3) is 0.214. The largest absolute Gasteiger partial charge is 0.324 e. The Morgan fingerprint density at radius 2 is 2.32 bits per heavy atom. The van der Waals surface area contributed by atoms with Gasteiger partial charge in [0.2, 0.25) is 5.91 Å². The standard InChI is InChI=1S/C14H13N3OS/c1-17(14(18)9-11-5-4-8-19-11)13(10-15)12-6-2-3-7-16-12/h2-8,13H,9H2,1H3. The third-order valence-corrected chi connectivity index (χ3v) is 3.65. The SMILES string of the molecule is CN(C(=O)Cc1cccs1)C(C#N)c1ccccn1. The molecule has 0 saturated carbocycles. The topological polar surface area (TPSA) is 57.0 Å². The maximum atomic E-state index is 12.1. The second kappa shape index (κ2) is 6.12. The van der Waals surface area contributed by atoms with E-state index in [1.54, 1.807) is 25.4 Å². The number of nitriles is 1. The van der Waals surface area contributed by atoms with E-state index in [-0.39, 0.29) is 5.91 Å². The summed E-state index contributed by atoms with van der Waals surface area (Å²) in [5, 5.41) is 11.2. The summed E-state index contributed by atoms with van der Waals surface area (Å²) in [4.78, 5) is 18.7. The summed E-state index contributed by atoms with van der Waals surface area (Å²) in [6.07, 6.45) is 1.94. The van der Waals surface area contributed by atoms with Gasteiger partial charge in [-0.15, -0.1) is 11.3 Å². The predicted molar refractivity (Wildman–Crippen MR) is 73.4 cm³/mol. The van der Waals surface area contributed by atoms with Gasteiger partial charge in [0, 0.05) is 18.1 Å². The Labute approximate surface area is 115 Å². The minimum Gasteiger partial charge on any atom is -0.324 e. The van der Waals surface area contributed by atoms with Crippen molar-refractivity contribution in [3.8, 4) is 6.07 Å². The number of hydrogen-bond acceptors (Lipinski definition) is 4. The zero-order chi connectivity index (χ0) is 13.7. The van der Waals surface area contributed by atoms with Gasteiger partial charge in [0.1, 0.15) is 0 Å². The van der Waals surface area contributed by atoms with Gasteiger partial charge in [-0.25, -0.2) is 0 Å². The van der Waals surface area contributed by atoms with E-state index in [4.69, 9.17) is 0 Å². The average Bonchev–Trinajstić information content (AvgIpc) is 2.93. The first-order valence-electron chi connectivity index (χ1n) is 5.81. The first kappa shape index (κ1) is 13.2. The van der Waals surface area contributed by atoms with E-state index in [9.17, 15) is 10.1 Å². The van der Waals surface area contributed by atoms with Crippen LogP contribution in [-0.2, 0) is 11.2 Å². The monoisotopic (exact) mass is 271 g/mol. The number of likely N-dealkylation sites (N-methyl/N-ethyl adjacent to an activating group) is 1. The molecule has 0 aliphatic heterocycles. The highest BCUT2D eigenvalue weighted by Crippen LogP contribution is 2.18. The van der Waals surface area contributed by atoms with Crippen LogP contribution in [-0.4, -0.2) is 22.8 Å². The summed E-state index contributed by atoms with van der Waals surface area (Å²) in [5.41, 5.74) is 0.590. The van der Waals surface area contributed by atoms with E-state index in [0.717, 1.165) is 4.88 Å². The lowest BCUT2D eigenvalue weighted by atomic mass is 10.1. The Balaban J connectivity index is 2.11. The number of carbonyl (C=O) groups is 1. The van der Waals surface area contributed by atoms with Gasteiger partial charge in [-0.05, 0) is 23.6 Å². The number of amides is 1. The minimum absolute atomic E-state index is 0.0837. The molecule has 2 aromatic heterocycles. The summed E-state index contributed by atoms with van der Waals surface area (Å²) < 4.78 is 0. The van der Waals surface area contributed by atoms with Crippen molar-refractivity contribution >= 4 is 17.2 Å². The van der Waals surface area contributed by atoms with Gasteiger partial charge in [0.15, 0.2) is 6.04 Å². The van der Waals surface area contributed by atoms with E-state index in [0.29, 0.717) is 12.1 Å². The van der Waals surface area contributed by atoms with Gasteiger partial charge in [0.25, 0.3) is 0 Å². The summed E-state index contributed by atoms with van der Waals surface area (Å²) in [6.45, 7) is 0. The highest BCUT2D eigenvalue weighted by atomic mass is 32.1. The van der Waals surface area contributed by atoms with Crippen molar-refractivity contribution in [3.63, 3.8) is 0 Å². The first-order valence-corrected chi connectivity index (χ1v) is 6.69.